The number of phenols is 1. The highest BCUT2D eigenvalue weighted by atomic mass is 16.3. The zero-order chi connectivity index (χ0) is 9.84. The van der Waals surface area contributed by atoms with Crippen LogP contribution >= 0.6 is 0 Å². The van der Waals surface area contributed by atoms with Gasteiger partial charge in [-0.1, -0.05) is 32.9 Å². The molecule has 0 spiro atoms. The number of rotatable bonds is 3. The van der Waals surface area contributed by atoms with Crippen molar-refractivity contribution < 1.29 is 5.11 Å². The van der Waals surface area contributed by atoms with E-state index in [0.29, 0.717) is 17.6 Å². The quantitative estimate of drug-likeness (QED) is 0.753. The van der Waals surface area contributed by atoms with Gasteiger partial charge >= 0.3 is 0 Å². The van der Waals surface area contributed by atoms with Gasteiger partial charge in [0.1, 0.15) is 5.75 Å². The maximum Gasteiger partial charge on any atom is 0.115 e. The molecule has 0 saturated heterocycles. The Bertz CT molecular complexity index is 248. The van der Waals surface area contributed by atoms with Crippen molar-refractivity contribution >= 4 is 0 Å². The summed E-state index contributed by atoms with van der Waals surface area (Å²) in [5.41, 5.74) is 1.30. The van der Waals surface area contributed by atoms with E-state index in [-0.39, 0.29) is 0 Å². The average Bonchev–Trinajstić information content (AvgIpc) is 2.08. The Balaban J connectivity index is 2.59. The predicted molar refractivity (Wildman–Crippen MR) is 55.8 cm³/mol. The third-order valence-corrected chi connectivity index (χ3v) is 2.63. The van der Waals surface area contributed by atoms with Gasteiger partial charge in [-0.25, -0.2) is 0 Å². The van der Waals surface area contributed by atoms with Gasteiger partial charge in [-0.2, -0.15) is 0 Å². The van der Waals surface area contributed by atoms with Crippen LogP contribution in [0, 0.1) is 11.8 Å². The molecule has 1 unspecified atom stereocenters. The summed E-state index contributed by atoms with van der Waals surface area (Å²) in [6.07, 6.45) is 1.10. The molecule has 0 aliphatic rings. The molecule has 0 aromatic heterocycles. The molecule has 1 aromatic rings. The van der Waals surface area contributed by atoms with Gasteiger partial charge in [0.05, 0.1) is 0 Å². The summed E-state index contributed by atoms with van der Waals surface area (Å²) in [6, 6.07) is 7.49. The largest absolute Gasteiger partial charge is 0.508 e. The molecule has 0 aliphatic heterocycles. The van der Waals surface area contributed by atoms with Crippen LogP contribution in [0.1, 0.15) is 26.3 Å². The second-order valence-corrected chi connectivity index (χ2v) is 4.09. The molecule has 1 rings (SSSR count). The van der Waals surface area contributed by atoms with Crippen molar-refractivity contribution in [3.8, 4) is 5.75 Å². The van der Waals surface area contributed by atoms with E-state index < -0.39 is 0 Å². The Morgan fingerprint density at radius 3 is 2.08 bits per heavy atom. The zero-order valence-corrected chi connectivity index (χ0v) is 8.62. The van der Waals surface area contributed by atoms with E-state index >= 15 is 0 Å². The number of benzene rings is 1. The van der Waals surface area contributed by atoms with Gasteiger partial charge in [0.25, 0.3) is 0 Å². The lowest BCUT2D eigenvalue weighted by molar-refractivity contribution is 0.417. The summed E-state index contributed by atoms with van der Waals surface area (Å²) in [4.78, 5) is 0. The molecule has 0 radical (unpaired) electrons. The summed E-state index contributed by atoms with van der Waals surface area (Å²) >= 11 is 0. The van der Waals surface area contributed by atoms with Crippen LogP contribution in [0.2, 0.25) is 0 Å². The highest BCUT2D eigenvalue weighted by molar-refractivity contribution is 5.26. The summed E-state index contributed by atoms with van der Waals surface area (Å²) in [7, 11) is 0. The highest BCUT2D eigenvalue weighted by Gasteiger charge is 2.07. The SMILES string of the molecule is CC(C)C(C)Cc1ccc(O)cc1. The van der Waals surface area contributed by atoms with E-state index in [0.717, 1.165) is 6.42 Å². The maximum absolute atomic E-state index is 9.10. The number of aromatic hydroxyl groups is 1. The predicted octanol–water partition coefficient (Wildman–Crippen LogP) is 3.23. The van der Waals surface area contributed by atoms with Crippen molar-refractivity contribution in [2.45, 2.75) is 27.2 Å². The van der Waals surface area contributed by atoms with Gasteiger partial charge < -0.3 is 5.11 Å². The van der Waals surface area contributed by atoms with Gasteiger partial charge in [0.2, 0.25) is 0 Å². The topological polar surface area (TPSA) is 20.2 Å². The zero-order valence-electron chi connectivity index (χ0n) is 8.62. The van der Waals surface area contributed by atoms with E-state index in [4.69, 9.17) is 5.11 Å². The highest BCUT2D eigenvalue weighted by Crippen LogP contribution is 2.18. The molecule has 1 heteroatoms. The Hall–Kier alpha value is -0.980. The first-order valence-corrected chi connectivity index (χ1v) is 4.87. The smallest absolute Gasteiger partial charge is 0.115 e. The number of hydrogen-bond acceptors (Lipinski definition) is 1. The van der Waals surface area contributed by atoms with E-state index in [1.165, 1.54) is 5.56 Å². The molecule has 1 N–H and O–H groups in total. The van der Waals surface area contributed by atoms with Crippen LogP contribution in [0.4, 0.5) is 0 Å². The molecule has 1 atom stereocenters. The van der Waals surface area contributed by atoms with Gasteiger partial charge in [-0.3, -0.25) is 0 Å². The standard InChI is InChI=1S/C12H18O/c1-9(2)10(3)8-11-4-6-12(13)7-5-11/h4-7,9-10,13H,8H2,1-3H3. The summed E-state index contributed by atoms with van der Waals surface area (Å²) in [5, 5.41) is 9.10. The van der Waals surface area contributed by atoms with Crippen molar-refractivity contribution in [3.63, 3.8) is 0 Å². The lowest BCUT2D eigenvalue weighted by Gasteiger charge is -2.15. The van der Waals surface area contributed by atoms with Crippen molar-refractivity contribution in [2.24, 2.45) is 11.8 Å². The fraction of sp³-hybridized carbons (Fsp3) is 0.500. The Morgan fingerprint density at radius 2 is 1.62 bits per heavy atom. The first-order valence-electron chi connectivity index (χ1n) is 4.87. The molecular weight excluding hydrogens is 160 g/mol. The Labute approximate surface area is 80.4 Å². The van der Waals surface area contributed by atoms with Gasteiger partial charge in [0.15, 0.2) is 0 Å². The van der Waals surface area contributed by atoms with Gasteiger partial charge in [-0.05, 0) is 36.0 Å². The average molecular weight is 178 g/mol. The van der Waals surface area contributed by atoms with Crippen molar-refractivity contribution in [1.82, 2.24) is 0 Å². The van der Waals surface area contributed by atoms with Gasteiger partial charge in [0, 0.05) is 0 Å². The molecule has 1 aromatic carbocycles. The number of phenolic OH excluding ortho intramolecular Hbond substituents is 1. The first kappa shape index (κ1) is 10.1. The second-order valence-electron chi connectivity index (χ2n) is 4.09. The van der Waals surface area contributed by atoms with Crippen LogP contribution in [-0.4, -0.2) is 5.11 Å². The molecule has 0 aliphatic carbocycles. The lowest BCUT2D eigenvalue weighted by atomic mass is 9.91. The minimum absolute atomic E-state index is 0.348. The molecule has 0 heterocycles. The maximum atomic E-state index is 9.10. The van der Waals surface area contributed by atoms with Crippen LogP contribution in [0.25, 0.3) is 0 Å². The Kier molecular flexibility index (Phi) is 3.35. The minimum Gasteiger partial charge on any atom is -0.508 e. The first-order chi connectivity index (χ1) is 6.09. The minimum atomic E-state index is 0.348. The fourth-order valence-corrected chi connectivity index (χ4v) is 1.24. The van der Waals surface area contributed by atoms with E-state index in [9.17, 15) is 0 Å². The summed E-state index contributed by atoms with van der Waals surface area (Å²) in [5.74, 6) is 1.76. The number of hydrogen-bond donors (Lipinski definition) is 1. The normalized spacial score (nSPS) is 13.2. The molecule has 72 valence electrons. The summed E-state index contributed by atoms with van der Waals surface area (Å²) < 4.78 is 0. The fourth-order valence-electron chi connectivity index (χ4n) is 1.24. The molecule has 0 bridgehead atoms. The molecular formula is C12H18O. The monoisotopic (exact) mass is 178 g/mol. The summed E-state index contributed by atoms with van der Waals surface area (Å²) in [6.45, 7) is 6.74. The van der Waals surface area contributed by atoms with Gasteiger partial charge in [-0.15, -0.1) is 0 Å². The lowest BCUT2D eigenvalue weighted by Crippen LogP contribution is -2.06. The van der Waals surface area contributed by atoms with Crippen molar-refractivity contribution in [3.05, 3.63) is 29.8 Å². The third-order valence-electron chi connectivity index (χ3n) is 2.63. The van der Waals surface area contributed by atoms with Crippen molar-refractivity contribution in [1.29, 1.82) is 0 Å². The van der Waals surface area contributed by atoms with Crippen LogP contribution in [0.5, 0.6) is 5.75 Å². The molecule has 0 fully saturated rings. The van der Waals surface area contributed by atoms with Crippen molar-refractivity contribution in [2.75, 3.05) is 0 Å². The molecule has 13 heavy (non-hydrogen) atoms. The molecule has 0 amide bonds. The third kappa shape index (κ3) is 3.10. The van der Waals surface area contributed by atoms with E-state index in [1.54, 1.807) is 12.1 Å². The Morgan fingerprint density at radius 1 is 1.08 bits per heavy atom. The molecule has 1 nitrogen and oxygen atoms in total. The second kappa shape index (κ2) is 4.31. The van der Waals surface area contributed by atoms with Crippen LogP contribution < -0.4 is 0 Å². The van der Waals surface area contributed by atoms with Crippen LogP contribution in [0.3, 0.4) is 0 Å². The van der Waals surface area contributed by atoms with Crippen LogP contribution in [-0.2, 0) is 6.42 Å². The van der Waals surface area contributed by atoms with Crippen LogP contribution in [0.15, 0.2) is 24.3 Å². The molecule has 0 saturated carbocycles. The van der Waals surface area contributed by atoms with E-state index in [2.05, 4.69) is 20.8 Å². The van der Waals surface area contributed by atoms with E-state index in [1.807, 2.05) is 12.1 Å².